The van der Waals surface area contributed by atoms with Crippen LogP contribution in [0.2, 0.25) is 0 Å². The largest absolute Gasteiger partial charge is 0.393 e. The molecule has 1 aliphatic rings. The van der Waals surface area contributed by atoms with Gasteiger partial charge in [0.2, 0.25) is 10.0 Å². The van der Waals surface area contributed by atoms with Crippen LogP contribution in [0.5, 0.6) is 0 Å². The topological polar surface area (TPSA) is 57.6 Å². The minimum Gasteiger partial charge on any atom is -0.393 e. The number of halogens is 3. The molecular weight excluding hydrogens is 295 g/mol. The predicted molar refractivity (Wildman–Crippen MR) is 64.9 cm³/mol. The van der Waals surface area contributed by atoms with E-state index in [-0.39, 0.29) is 19.0 Å². The van der Waals surface area contributed by atoms with Gasteiger partial charge >= 0.3 is 0 Å². The number of sulfonamides is 1. The first-order chi connectivity index (χ1) is 9.23. The van der Waals surface area contributed by atoms with Gasteiger partial charge in [-0.05, 0) is 19.3 Å². The number of aliphatic hydroxyl groups is 1. The molecule has 2 atom stereocenters. The summed E-state index contributed by atoms with van der Waals surface area (Å²) in [4.78, 5) is -1.15. The molecular formula is C12H14F3NO3S. The summed E-state index contributed by atoms with van der Waals surface area (Å²) in [6, 6.07) is 0.663. The van der Waals surface area contributed by atoms with Gasteiger partial charge in [0.25, 0.3) is 0 Å². The van der Waals surface area contributed by atoms with Crippen molar-refractivity contribution in [1.82, 2.24) is 4.31 Å². The average molecular weight is 309 g/mol. The molecule has 1 fully saturated rings. The van der Waals surface area contributed by atoms with E-state index in [1.54, 1.807) is 0 Å². The van der Waals surface area contributed by atoms with Crippen LogP contribution in [-0.4, -0.2) is 37.0 Å². The Morgan fingerprint density at radius 1 is 1.30 bits per heavy atom. The molecule has 1 aliphatic heterocycles. The fraction of sp³-hybridized carbons (Fsp3) is 0.500. The molecule has 0 radical (unpaired) electrons. The second-order valence-electron chi connectivity index (χ2n) is 4.85. The lowest BCUT2D eigenvalue weighted by Gasteiger charge is -2.18. The normalized spacial score (nSPS) is 22.1. The van der Waals surface area contributed by atoms with Crippen molar-refractivity contribution in [3.05, 3.63) is 29.6 Å². The Kier molecular flexibility index (Phi) is 4.08. The fourth-order valence-electron chi connectivity index (χ4n) is 2.27. The summed E-state index contributed by atoms with van der Waals surface area (Å²) in [5.74, 6) is -4.37. The predicted octanol–water partition coefficient (Wildman–Crippen LogP) is 1.50. The molecule has 0 spiro atoms. The van der Waals surface area contributed by atoms with E-state index in [1.807, 2.05) is 0 Å². The van der Waals surface area contributed by atoms with Gasteiger partial charge < -0.3 is 5.11 Å². The van der Waals surface area contributed by atoms with Gasteiger partial charge in [-0.15, -0.1) is 0 Å². The summed E-state index contributed by atoms with van der Waals surface area (Å²) in [5, 5.41) is 9.43. The zero-order valence-corrected chi connectivity index (χ0v) is 11.5. The molecule has 8 heteroatoms. The summed E-state index contributed by atoms with van der Waals surface area (Å²) < 4.78 is 65.3. The van der Waals surface area contributed by atoms with Crippen molar-refractivity contribution in [1.29, 1.82) is 0 Å². The third kappa shape index (κ3) is 2.68. The van der Waals surface area contributed by atoms with Crippen LogP contribution in [0, 0.1) is 23.4 Å². The molecule has 112 valence electrons. The maximum absolute atomic E-state index is 13.6. The van der Waals surface area contributed by atoms with Gasteiger partial charge in [0, 0.05) is 25.2 Å². The monoisotopic (exact) mass is 309 g/mol. The minimum atomic E-state index is -4.38. The van der Waals surface area contributed by atoms with Crippen molar-refractivity contribution in [3.8, 4) is 0 Å². The van der Waals surface area contributed by atoms with Crippen LogP contribution in [0.15, 0.2) is 17.0 Å². The third-order valence-corrected chi connectivity index (χ3v) is 5.35. The SMILES string of the molecule is CC(O)C1CCN(S(=O)(=O)c2c(F)cc(F)cc2F)C1. The number of rotatable bonds is 3. The summed E-state index contributed by atoms with van der Waals surface area (Å²) in [5.41, 5.74) is 0. The van der Waals surface area contributed by atoms with E-state index in [0.717, 1.165) is 4.31 Å². The Bertz CT molecular complexity index is 595. The molecule has 1 aromatic carbocycles. The van der Waals surface area contributed by atoms with Crippen LogP contribution in [0.25, 0.3) is 0 Å². The highest BCUT2D eigenvalue weighted by molar-refractivity contribution is 7.89. The van der Waals surface area contributed by atoms with Gasteiger partial charge in [0.1, 0.15) is 17.5 Å². The minimum absolute atomic E-state index is 0.0176. The first-order valence-corrected chi connectivity index (χ1v) is 7.50. The van der Waals surface area contributed by atoms with Crippen molar-refractivity contribution in [2.24, 2.45) is 5.92 Å². The molecule has 20 heavy (non-hydrogen) atoms. The Morgan fingerprint density at radius 3 is 2.30 bits per heavy atom. The molecule has 1 aromatic rings. The second-order valence-corrected chi connectivity index (χ2v) is 6.73. The number of nitrogens with zero attached hydrogens (tertiary/aromatic N) is 1. The molecule has 2 unspecified atom stereocenters. The number of aliphatic hydroxyl groups excluding tert-OH is 1. The molecule has 0 amide bonds. The molecule has 0 saturated carbocycles. The Labute approximate surface area is 114 Å². The van der Waals surface area contributed by atoms with Gasteiger partial charge in [-0.3, -0.25) is 0 Å². The van der Waals surface area contributed by atoms with E-state index >= 15 is 0 Å². The van der Waals surface area contributed by atoms with Crippen molar-refractivity contribution in [2.75, 3.05) is 13.1 Å². The smallest absolute Gasteiger partial charge is 0.248 e. The highest BCUT2D eigenvalue weighted by atomic mass is 32.2. The fourth-order valence-corrected chi connectivity index (χ4v) is 3.87. The molecule has 1 saturated heterocycles. The number of hydrogen-bond acceptors (Lipinski definition) is 3. The van der Waals surface area contributed by atoms with Crippen LogP contribution in [0.1, 0.15) is 13.3 Å². The van der Waals surface area contributed by atoms with Crippen LogP contribution in [0.3, 0.4) is 0 Å². The Morgan fingerprint density at radius 2 is 1.85 bits per heavy atom. The zero-order chi connectivity index (χ0) is 15.1. The summed E-state index contributed by atoms with van der Waals surface area (Å²) >= 11 is 0. The standard InChI is InChI=1S/C12H14F3NO3S/c1-7(17)8-2-3-16(6-8)20(18,19)12-10(14)4-9(13)5-11(12)15/h4-5,7-8,17H,2-3,6H2,1H3. The first-order valence-electron chi connectivity index (χ1n) is 6.06. The third-order valence-electron chi connectivity index (χ3n) is 3.43. The highest BCUT2D eigenvalue weighted by Gasteiger charge is 2.37. The van der Waals surface area contributed by atoms with E-state index < -0.39 is 38.5 Å². The maximum Gasteiger partial charge on any atom is 0.248 e. The lowest BCUT2D eigenvalue weighted by Crippen LogP contribution is -2.31. The summed E-state index contributed by atoms with van der Waals surface area (Å²) in [6.07, 6.45) is -0.306. The van der Waals surface area contributed by atoms with Crippen LogP contribution >= 0.6 is 0 Å². The molecule has 0 bridgehead atoms. The molecule has 0 aliphatic carbocycles. The van der Waals surface area contributed by atoms with Crippen LogP contribution < -0.4 is 0 Å². The van der Waals surface area contributed by atoms with Gasteiger partial charge in [-0.25, -0.2) is 21.6 Å². The van der Waals surface area contributed by atoms with Crippen LogP contribution in [0.4, 0.5) is 13.2 Å². The van der Waals surface area contributed by atoms with E-state index in [9.17, 15) is 26.7 Å². The van der Waals surface area contributed by atoms with Gasteiger partial charge in [-0.1, -0.05) is 0 Å². The Hall–Kier alpha value is -1.12. The van der Waals surface area contributed by atoms with Gasteiger partial charge in [0.05, 0.1) is 6.10 Å². The quantitative estimate of drug-likeness (QED) is 0.920. The lowest BCUT2D eigenvalue weighted by molar-refractivity contribution is 0.133. The number of hydrogen-bond donors (Lipinski definition) is 1. The molecule has 1 N–H and O–H groups in total. The van der Waals surface area contributed by atoms with E-state index in [2.05, 4.69) is 0 Å². The first kappa shape index (κ1) is 15.3. The summed E-state index contributed by atoms with van der Waals surface area (Å²) in [6.45, 7) is 1.57. The van der Waals surface area contributed by atoms with Crippen molar-refractivity contribution in [2.45, 2.75) is 24.3 Å². The van der Waals surface area contributed by atoms with Crippen molar-refractivity contribution >= 4 is 10.0 Å². The molecule has 4 nitrogen and oxygen atoms in total. The van der Waals surface area contributed by atoms with E-state index in [4.69, 9.17) is 0 Å². The van der Waals surface area contributed by atoms with Gasteiger partial charge in [0.15, 0.2) is 4.90 Å². The molecule has 2 rings (SSSR count). The Balaban J connectivity index is 2.38. The number of benzene rings is 1. The van der Waals surface area contributed by atoms with Crippen LogP contribution in [-0.2, 0) is 10.0 Å². The van der Waals surface area contributed by atoms with Gasteiger partial charge in [-0.2, -0.15) is 4.31 Å². The maximum atomic E-state index is 13.6. The summed E-state index contributed by atoms with van der Waals surface area (Å²) in [7, 11) is -4.38. The molecule has 1 heterocycles. The van der Waals surface area contributed by atoms with Crippen molar-refractivity contribution in [3.63, 3.8) is 0 Å². The highest BCUT2D eigenvalue weighted by Crippen LogP contribution is 2.29. The molecule has 0 aromatic heterocycles. The second kappa shape index (κ2) is 5.34. The van der Waals surface area contributed by atoms with E-state index in [0.29, 0.717) is 18.6 Å². The average Bonchev–Trinajstić information content (AvgIpc) is 2.76. The van der Waals surface area contributed by atoms with Crippen molar-refractivity contribution < 1.29 is 26.7 Å². The lowest BCUT2D eigenvalue weighted by atomic mass is 10.0. The van der Waals surface area contributed by atoms with E-state index in [1.165, 1.54) is 6.92 Å². The zero-order valence-electron chi connectivity index (χ0n) is 10.7.